The lowest BCUT2D eigenvalue weighted by molar-refractivity contribution is -0.137. The summed E-state index contributed by atoms with van der Waals surface area (Å²) >= 11 is 0. The number of hydrogen-bond donors (Lipinski definition) is 0. The fraction of sp³-hybridized carbons (Fsp3) is 0.583. The summed E-state index contributed by atoms with van der Waals surface area (Å²) in [7, 11) is 0. The molecule has 0 aromatic carbocycles. The van der Waals surface area contributed by atoms with Crippen LogP contribution < -0.4 is 0 Å². The molecule has 0 fully saturated rings. The average Bonchev–Trinajstić information content (AvgIpc) is 2.25. The normalized spacial score (nSPS) is 18.5. The van der Waals surface area contributed by atoms with Gasteiger partial charge in [-0.1, -0.05) is 38.0 Å². The SMILES string of the molecule is [2H]C([2H])([2H])C([2H])([2H])OC(=O)/C=C/C=C/CCCCC. The third-order valence-corrected chi connectivity index (χ3v) is 1.61. The van der Waals surface area contributed by atoms with Gasteiger partial charge in [0, 0.05) is 10.2 Å². The van der Waals surface area contributed by atoms with Crippen molar-refractivity contribution in [2.75, 3.05) is 6.56 Å². The van der Waals surface area contributed by atoms with Gasteiger partial charge in [-0.2, -0.15) is 0 Å². The third kappa shape index (κ3) is 9.04. The molecule has 0 spiro atoms. The van der Waals surface area contributed by atoms with Crippen molar-refractivity contribution >= 4 is 5.97 Å². The van der Waals surface area contributed by atoms with Crippen molar-refractivity contribution in [2.45, 2.75) is 39.5 Å². The molecule has 0 aliphatic carbocycles. The highest BCUT2D eigenvalue weighted by atomic mass is 16.5. The summed E-state index contributed by atoms with van der Waals surface area (Å²) in [6.45, 7) is -3.86. The third-order valence-electron chi connectivity index (χ3n) is 1.61. The monoisotopic (exact) mass is 201 g/mol. The van der Waals surface area contributed by atoms with Gasteiger partial charge < -0.3 is 4.74 Å². The second-order valence-corrected chi connectivity index (χ2v) is 2.81. The highest BCUT2D eigenvalue weighted by Gasteiger charge is 1.89. The molecule has 14 heavy (non-hydrogen) atoms. The zero-order valence-electron chi connectivity index (χ0n) is 13.5. The molecule has 2 nitrogen and oxygen atoms in total. The van der Waals surface area contributed by atoms with Crippen LogP contribution in [-0.2, 0) is 9.53 Å². The molecule has 80 valence electrons. The van der Waals surface area contributed by atoms with Gasteiger partial charge in [0.1, 0.15) is 0 Å². The van der Waals surface area contributed by atoms with Crippen LogP contribution >= 0.6 is 0 Å². The van der Waals surface area contributed by atoms with E-state index in [1.807, 2.05) is 6.08 Å². The first-order chi connectivity index (χ1) is 8.70. The van der Waals surface area contributed by atoms with Gasteiger partial charge in [0.15, 0.2) is 0 Å². The topological polar surface area (TPSA) is 26.3 Å². The van der Waals surface area contributed by atoms with Gasteiger partial charge in [-0.15, -0.1) is 0 Å². The smallest absolute Gasteiger partial charge is 0.330 e. The summed E-state index contributed by atoms with van der Waals surface area (Å²) in [4.78, 5) is 11.2. The molecule has 0 saturated carbocycles. The highest BCUT2D eigenvalue weighted by Crippen LogP contribution is 1.99. The van der Waals surface area contributed by atoms with Crippen LogP contribution in [0.5, 0.6) is 0 Å². The quantitative estimate of drug-likeness (QED) is 0.273. The maximum absolute atomic E-state index is 11.2. The summed E-state index contributed by atoms with van der Waals surface area (Å²) in [6.07, 6.45) is 10.2. The second-order valence-electron chi connectivity index (χ2n) is 2.81. The van der Waals surface area contributed by atoms with E-state index in [9.17, 15) is 4.79 Å². The van der Waals surface area contributed by atoms with Crippen LogP contribution in [0, 0.1) is 0 Å². The molecule has 0 aliphatic heterocycles. The van der Waals surface area contributed by atoms with Crippen LogP contribution in [0.3, 0.4) is 0 Å². The molecule has 0 aromatic heterocycles. The van der Waals surface area contributed by atoms with Crippen LogP contribution in [0.2, 0.25) is 0 Å². The Hall–Kier alpha value is -1.05. The lowest BCUT2D eigenvalue weighted by atomic mass is 10.2. The Morgan fingerprint density at radius 1 is 1.50 bits per heavy atom. The minimum Gasteiger partial charge on any atom is -0.463 e. The van der Waals surface area contributed by atoms with Gasteiger partial charge in [-0.3, -0.25) is 0 Å². The summed E-state index contributed by atoms with van der Waals surface area (Å²) in [5, 5.41) is 0. The van der Waals surface area contributed by atoms with Gasteiger partial charge in [0.2, 0.25) is 0 Å². The van der Waals surface area contributed by atoms with Crippen molar-refractivity contribution in [3.05, 3.63) is 24.3 Å². The summed E-state index contributed by atoms with van der Waals surface area (Å²) in [5.41, 5.74) is 0. The molecule has 0 bridgehead atoms. The van der Waals surface area contributed by atoms with E-state index < -0.39 is 19.4 Å². The number of allylic oxidation sites excluding steroid dienone is 3. The van der Waals surface area contributed by atoms with E-state index >= 15 is 0 Å². The molecule has 0 atom stereocenters. The van der Waals surface area contributed by atoms with Gasteiger partial charge in [-0.25, -0.2) is 4.79 Å². The number of rotatable bonds is 7. The van der Waals surface area contributed by atoms with Crippen molar-refractivity contribution in [1.82, 2.24) is 0 Å². The minimum absolute atomic E-state index is 0.906. The predicted molar refractivity (Wildman–Crippen MR) is 59.1 cm³/mol. The zero-order chi connectivity index (χ0) is 14.9. The first-order valence-electron chi connectivity index (χ1n) is 7.27. The Balaban J connectivity index is 4.11. The standard InChI is InChI=1S/C12H20O2/c1-3-5-6-7-8-9-10-11-12(13)14-4-2/h8-11H,3-7H2,1-2H3/b9-8+,11-10+/i2D3,4D2. The lowest BCUT2D eigenvalue weighted by Gasteiger charge is -1.92. The molecule has 0 saturated heterocycles. The summed E-state index contributed by atoms with van der Waals surface area (Å²) in [5.74, 6) is -1.01. The van der Waals surface area contributed by atoms with E-state index in [1.54, 1.807) is 6.08 Å². The number of carbonyl (C=O) groups is 1. The van der Waals surface area contributed by atoms with Crippen LogP contribution in [0.25, 0.3) is 0 Å². The lowest BCUT2D eigenvalue weighted by Crippen LogP contribution is -1.98. The first kappa shape index (κ1) is 6.44. The molecule has 0 amide bonds. The Bertz CT molecular complexity index is 332. The Morgan fingerprint density at radius 3 is 3.07 bits per heavy atom. The van der Waals surface area contributed by atoms with Crippen molar-refractivity contribution in [3.63, 3.8) is 0 Å². The van der Waals surface area contributed by atoms with E-state index in [0.717, 1.165) is 31.8 Å². The van der Waals surface area contributed by atoms with Crippen molar-refractivity contribution in [3.8, 4) is 0 Å². The van der Waals surface area contributed by atoms with Crippen LogP contribution in [0.1, 0.15) is 46.3 Å². The molecule has 0 aliphatic rings. The Morgan fingerprint density at radius 2 is 2.36 bits per heavy atom. The van der Waals surface area contributed by atoms with Crippen LogP contribution in [-0.4, -0.2) is 12.5 Å². The maximum Gasteiger partial charge on any atom is 0.330 e. The maximum atomic E-state index is 11.2. The Labute approximate surface area is 93.7 Å². The summed E-state index contributed by atoms with van der Waals surface area (Å²) in [6, 6.07) is 0. The van der Waals surface area contributed by atoms with Gasteiger partial charge in [0.05, 0.1) is 9.30 Å². The predicted octanol–water partition coefficient (Wildman–Crippen LogP) is 3.24. The van der Waals surface area contributed by atoms with Gasteiger partial charge in [-0.05, 0) is 19.7 Å². The van der Waals surface area contributed by atoms with Crippen LogP contribution in [0.15, 0.2) is 24.3 Å². The van der Waals surface area contributed by atoms with Gasteiger partial charge >= 0.3 is 5.97 Å². The van der Waals surface area contributed by atoms with E-state index in [2.05, 4.69) is 11.7 Å². The fourth-order valence-corrected chi connectivity index (χ4v) is 0.905. The molecular formula is C12H20O2. The number of unbranched alkanes of at least 4 members (excludes halogenated alkanes) is 3. The minimum atomic E-state index is -2.99. The molecule has 2 heteroatoms. The number of carbonyl (C=O) groups excluding carboxylic acids is 1. The van der Waals surface area contributed by atoms with Crippen molar-refractivity contribution in [2.24, 2.45) is 0 Å². The van der Waals surface area contributed by atoms with Gasteiger partial charge in [0.25, 0.3) is 0 Å². The van der Waals surface area contributed by atoms with E-state index in [4.69, 9.17) is 6.85 Å². The first-order valence-corrected chi connectivity index (χ1v) is 4.77. The number of esters is 1. The fourth-order valence-electron chi connectivity index (χ4n) is 0.905. The van der Waals surface area contributed by atoms with Crippen LogP contribution in [0.4, 0.5) is 0 Å². The number of hydrogen-bond acceptors (Lipinski definition) is 2. The molecular weight excluding hydrogens is 176 g/mol. The highest BCUT2D eigenvalue weighted by molar-refractivity contribution is 5.82. The molecule has 0 rings (SSSR count). The second kappa shape index (κ2) is 10.0. The van der Waals surface area contributed by atoms with E-state index in [1.165, 1.54) is 6.08 Å². The molecule has 0 radical (unpaired) electrons. The largest absolute Gasteiger partial charge is 0.463 e. The molecule has 0 unspecified atom stereocenters. The van der Waals surface area contributed by atoms with E-state index in [0.29, 0.717) is 0 Å². The van der Waals surface area contributed by atoms with Crippen molar-refractivity contribution < 1.29 is 16.4 Å². The number of ether oxygens (including phenoxy) is 1. The molecule has 0 heterocycles. The van der Waals surface area contributed by atoms with E-state index in [-0.39, 0.29) is 0 Å². The molecule has 0 N–H and O–H groups in total. The Kier molecular flexibility index (Phi) is 4.61. The zero-order valence-corrected chi connectivity index (χ0v) is 8.45. The average molecular weight is 201 g/mol. The van der Waals surface area contributed by atoms with Crippen molar-refractivity contribution in [1.29, 1.82) is 0 Å². The summed E-state index contributed by atoms with van der Waals surface area (Å²) < 4.78 is 39.1. The molecule has 0 aromatic rings.